The number of carbonyl (C=O) groups is 2. The summed E-state index contributed by atoms with van der Waals surface area (Å²) in [4.78, 5) is 25.3. The standard InChI is InChI=1S/C32H58O4/c1-4-5-6-7-8-9-10-11-12-13-16-21-26-35-31(33)29-24-19-20-25-30(29)32(34)36-27-22-17-14-15-18-23-28(2)3/h20,25,28-30H,4-19,21-24,26-27H2,1-3H3. The molecule has 0 spiro atoms. The van der Waals surface area contributed by atoms with Crippen molar-refractivity contribution in [3.05, 3.63) is 12.2 Å². The highest BCUT2D eigenvalue weighted by Crippen LogP contribution is 2.27. The van der Waals surface area contributed by atoms with Crippen molar-refractivity contribution in [3.63, 3.8) is 0 Å². The van der Waals surface area contributed by atoms with Crippen LogP contribution in [0, 0.1) is 17.8 Å². The van der Waals surface area contributed by atoms with Crippen LogP contribution in [-0.4, -0.2) is 25.2 Å². The Hall–Kier alpha value is -1.32. The van der Waals surface area contributed by atoms with Crippen LogP contribution in [0.2, 0.25) is 0 Å². The Morgan fingerprint density at radius 1 is 0.694 bits per heavy atom. The van der Waals surface area contributed by atoms with Gasteiger partial charge in [-0.05, 0) is 31.6 Å². The molecule has 0 saturated carbocycles. The van der Waals surface area contributed by atoms with Crippen molar-refractivity contribution in [2.24, 2.45) is 17.8 Å². The summed E-state index contributed by atoms with van der Waals surface area (Å²) in [7, 11) is 0. The van der Waals surface area contributed by atoms with Crippen molar-refractivity contribution in [1.29, 1.82) is 0 Å². The monoisotopic (exact) mass is 506 g/mol. The van der Waals surface area contributed by atoms with Crippen LogP contribution in [0.25, 0.3) is 0 Å². The van der Waals surface area contributed by atoms with E-state index in [0.717, 1.165) is 38.0 Å². The van der Waals surface area contributed by atoms with Crippen molar-refractivity contribution < 1.29 is 19.1 Å². The third-order valence-corrected chi connectivity index (χ3v) is 7.41. The van der Waals surface area contributed by atoms with Gasteiger partial charge in [0.05, 0.1) is 25.0 Å². The molecule has 4 nitrogen and oxygen atoms in total. The van der Waals surface area contributed by atoms with E-state index >= 15 is 0 Å². The minimum atomic E-state index is -0.487. The first kappa shape index (κ1) is 32.7. The van der Waals surface area contributed by atoms with Gasteiger partial charge in [0.25, 0.3) is 0 Å². The Morgan fingerprint density at radius 3 is 1.69 bits per heavy atom. The molecule has 1 rings (SSSR count). The van der Waals surface area contributed by atoms with Crippen molar-refractivity contribution in [2.75, 3.05) is 13.2 Å². The van der Waals surface area contributed by atoms with Crippen molar-refractivity contribution >= 4 is 11.9 Å². The zero-order valence-corrected chi connectivity index (χ0v) is 24.1. The van der Waals surface area contributed by atoms with Gasteiger partial charge >= 0.3 is 11.9 Å². The molecule has 0 radical (unpaired) electrons. The lowest BCUT2D eigenvalue weighted by Crippen LogP contribution is -2.33. The minimum absolute atomic E-state index is 0.227. The summed E-state index contributed by atoms with van der Waals surface area (Å²) in [6.07, 6.45) is 27.8. The minimum Gasteiger partial charge on any atom is -0.465 e. The molecule has 0 aromatic carbocycles. The zero-order valence-electron chi connectivity index (χ0n) is 24.1. The number of rotatable bonds is 23. The van der Waals surface area contributed by atoms with Crippen LogP contribution in [0.1, 0.15) is 149 Å². The third kappa shape index (κ3) is 17.2. The lowest BCUT2D eigenvalue weighted by Gasteiger charge is -2.24. The van der Waals surface area contributed by atoms with Crippen LogP contribution < -0.4 is 0 Å². The zero-order chi connectivity index (χ0) is 26.3. The Kier molecular flexibility index (Phi) is 20.8. The molecule has 4 heteroatoms. The summed E-state index contributed by atoms with van der Waals surface area (Å²) >= 11 is 0. The number of hydrogen-bond donors (Lipinski definition) is 0. The first-order valence-electron chi connectivity index (χ1n) is 15.6. The summed E-state index contributed by atoms with van der Waals surface area (Å²) < 4.78 is 11.1. The van der Waals surface area contributed by atoms with E-state index in [1.165, 1.54) is 89.9 Å². The maximum atomic E-state index is 12.7. The van der Waals surface area contributed by atoms with E-state index < -0.39 is 11.8 Å². The van der Waals surface area contributed by atoms with Crippen LogP contribution in [0.5, 0.6) is 0 Å². The summed E-state index contributed by atoms with van der Waals surface area (Å²) in [5.74, 6) is -0.596. The maximum absolute atomic E-state index is 12.7. The molecule has 0 aromatic heterocycles. The molecule has 210 valence electrons. The predicted octanol–water partition coefficient (Wildman–Crippen LogP) is 9.35. The fraction of sp³-hybridized carbons (Fsp3) is 0.875. The summed E-state index contributed by atoms with van der Waals surface area (Å²) in [5, 5.41) is 0. The molecule has 0 N–H and O–H groups in total. The lowest BCUT2D eigenvalue weighted by atomic mass is 9.84. The highest BCUT2D eigenvalue weighted by molar-refractivity contribution is 5.83. The van der Waals surface area contributed by atoms with Crippen LogP contribution in [0.4, 0.5) is 0 Å². The van der Waals surface area contributed by atoms with Crippen molar-refractivity contribution in [2.45, 2.75) is 149 Å². The topological polar surface area (TPSA) is 52.6 Å². The molecule has 0 saturated heterocycles. The number of carbonyl (C=O) groups excluding carboxylic acids is 2. The van der Waals surface area contributed by atoms with Crippen LogP contribution in [0.3, 0.4) is 0 Å². The molecule has 1 aliphatic rings. The highest BCUT2D eigenvalue weighted by atomic mass is 16.5. The van der Waals surface area contributed by atoms with Crippen LogP contribution in [-0.2, 0) is 19.1 Å². The van der Waals surface area contributed by atoms with E-state index in [-0.39, 0.29) is 11.9 Å². The fourth-order valence-corrected chi connectivity index (χ4v) is 5.02. The molecule has 0 aliphatic heterocycles. The van der Waals surface area contributed by atoms with E-state index in [1.54, 1.807) is 0 Å². The van der Waals surface area contributed by atoms with Gasteiger partial charge in [-0.1, -0.05) is 136 Å². The number of esters is 2. The molecule has 0 bridgehead atoms. The quantitative estimate of drug-likeness (QED) is 0.0786. The predicted molar refractivity (Wildman–Crippen MR) is 151 cm³/mol. The smallest absolute Gasteiger partial charge is 0.313 e. The molecule has 0 aromatic rings. The number of allylic oxidation sites excluding steroid dienone is 1. The average molecular weight is 507 g/mol. The van der Waals surface area contributed by atoms with Gasteiger partial charge in [0.2, 0.25) is 0 Å². The molecule has 2 unspecified atom stereocenters. The summed E-state index contributed by atoms with van der Waals surface area (Å²) in [6, 6.07) is 0. The van der Waals surface area contributed by atoms with Gasteiger partial charge in [-0.15, -0.1) is 0 Å². The largest absolute Gasteiger partial charge is 0.465 e. The molecular formula is C32H58O4. The Morgan fingerprint density at radius 2 is 1.17 bits per heavy atom. The van der Waals surface area contributed by atoms with E-state index in [2.05, 4.69) is 20.8 Å². The van der Waals surface area contributed by atoms with Crippen LogP contribution in [0.15, 0.2) is 12.2 Å². The number of unbranched alkanes of at least 4 members (excludes halogenated alkanes) is 15. The van der Waals surface area contributed by atoms with E-state index in [0.29, 0.717) is 19.6 Å². The molecule has 2 atom stereocenters. The second-order valence-electron chi connectivity index (χ2n) is 11.3. The van der Waals surface area contributed by atoms with Gasteiger partial charge in [-0.2, -0.15) is 0 Å². The summed E-state index contributed by atoms with van der Waals surface area (Å²) in [5.41, 5.74) is 0. The molecular weight excluding hydrogens is 448 g/mol. The van der Waals surface area contributed by atoms with Gasteiger partial charge in [0, 0.05) is 0 Å². The lowest BCUT2D eigenvalue weighted by molar-refractivity contribution is -0.159. The van der Waals surface area contributed by atoms with Crippen LogP contribution >= 0.6 is 0 Å². The SMILES string of the molecule is CCCCCCCCCCCCCCOC(=O)C1CCC=CC1C(=O)OCCCCCCCC(C)C. The van der Waals surface area contributed by atoms with Crippen molar-refractivity contribution in [1.82, 2.24) is 0 Å². The highest BCUT2D eigenvalue weighted by Gasteiger charge is 2.35. The molecule has 0 heterocycles. The van der Waals surface area contributed by atoms with Gasteiger partial charge < -0.3 is 9.47 Å². The van der Waals surface area contributed by atoms with Crippen molar-refractivity contribution in [3.8, 4) is 0 Å². The first-order chi connectivity index (χ1) is 17.6. The van der Waals surface area contributed by atoms with E-state index in [1.807, 2.05) is 12.2 Å². The second kappa shape index (κ2) is 22.8. The van der Waals surface area contributed by atoms with E-state index in [9.17, 15) is 9.59 Å². The normalized spacial score (nSPS) is 17.4. The van der Waals surface area contributed by atoms with Gasteiger partial charge in [0.1, 0.15) is 0 Å². The molecule has 1 aliphatic carbocycles. The summed E-state index contributed by atoms with van der Waals surface area (Å²) in [6.45, 7) is 7.71. The maximum Gasteiger partial charge on any atom is 0.313 e. The fourth-order valence-electron chi connectivity index (χ4n) is 5.02. The average Bonchev–Trinajstić information content (AvgIpc) is 2.88. The molecule has 36 heavy (non-hydrogen) atoms. The first-order valence-corrected chi connectivity index (χ1v) is 15.6. The van der Waals surface area contributed by atoms with E-state index in [4.69, 9.17) is 9.47 Å². The second-order valence-corrected chi connectivity index (χ2v) is 11.3. The molecule has 0 fully saturated rings. The van der Waals surface area contributed by atoms with Gasteiger partial charge in [0.15, 0.2) is 0 Å². The van der Waals surface area contributed by atoms with Gasteiger partial charge in [-0.3, -0.25) is 9.59 Å². The Balaban J connectivity index is 2.09. The number of hydrogen-bond acceptors (Lipinski definition) is 4. The Labute approximate surface area is 223 Å². The number of ether oxygens (including phenoxy) is 2. The Bertz CT molecular complexity index is 569. The third-order valence-electron chi connectivity index (χ3n) is 7.41. The van der Waals surface area contributed by atoms with Gasteiger partial charge in [-0.25, -0.2) is 0 Å². The molecule has 0 amide bonds.